The minimum Gasteiger partial charge on any atom is -0.468 e. The molecule has 2 N–H and O–H groups in total. The van der Waals surface area contributed by atoms with E-state index in [9.17, 15) is 9.36 Å². The third kappa shape index (κ3) is 2.56. The van der Waals surface area contributed by atoms with Crippen LogP contribution in [0.3, 0.4) is 0 Å². The van der Waals surface area contributed by atoms with E-state index in [2.05, 4.69) is 14.9 Å². The summed E-state index contributed by atoms with van der Waals surface area (Å²) in [4.78, 5) is 11.2. The van der Waals surface area contributed by atoms with E-state index in [0.29, 0.717) is 6.54 Å². The lowest BCUT2D eigenvalue weighted by Gasteiger charge is -2.33. The van der Waals surface area contributed by atoms with E-state index in [4.69, 9.17) is 0 Å². The van der Waals surface area contributed by atoms with Crippen LogP contribution in [0.1, 0.15) is 5.56 Å². The lowest BCUT2D eigenvalue weighted by Crippen LogP contribution is -2.35. The summed E-state index contributed by atoms with van der Waals surface area (Å²) < 4.78 is 18.7. The maximum atomic E-state index is 12.6. The van der Waals surface area contributed by atoms with Gasteiger partial charge < -0.3 is 9.82 Å². The second kappa shape index (κ2) is 5.10. The Balaban J connectivity index is 2.15. The predicted octanol–water partition coefficient (Wildman–Crippen LogP) is 1.41. The van der Waals surface area contributed by atoms with Gasteiger partial charge in [-0.2, -0.15) is 0 Å². The highest BCUT2D eigenvalue weighted by atomic mass is 31.2. The van der Waals surface area contributed by atoms with Crippen molar-refractivity contribution in [3.8, 4) is 0 Å². The zero-order valence-electron chi connectivity index (χ0n) is 10.3. The molecule has 0 bridgehead atoms. The van der Waals surface area contributed by atoms with Gasteiger partial charge in [0.05, 0.1) is 7.11 Å². The minimum atomic E-state index is -2.97. The zero-order valence-corrected chi connectivity index (χ0v) is 11.2. The van der Waals surface area contributed by atoms with Crippen LogP contribution in [0.25, 0.3) is 0 Å². The van der Waals surface area contributed by atoms with Crippen molar-refractivity contribution in [1.29, 1.82) is 0 Å². The summed E-state index contributed by atoms with van der Waals surface area (Å²) in [5.74, 6) is -0.421. The number of benzene rings is 1. The molecule has 1 aliphatic heterocycles. The van der Waals surface area contributed by atoms with Gasteiger partial charge in [-0.15, -0.1) is 0 Å². The number of carbonyl (C=O) groups excluding carboxylic acids is 1. The molecule has 2 rings (SSSR count). The SMILES string of the molecule is COC(=O)CN(C)[P@]1(=O)NCc2ccccc2N1. The quantitative estimate of drug-likeness (QED) is 0.638. The molecule has 0 unspecified atom stereocenters. The monoisotopic (exact) mass is 269 g/mol. The number of nitrogens with zero attached hydrogens (tertiary/aromatic N) is 1. The molecule has 0 aliphatic carbocycles. The van der Waals surface area contributed by atoms with Crippen molar-refractivity contribution in [3.05, 3.63) is 29.8 Å². The van der Waals surface area contributed by atoms with Gasteiger partial charge in [-0.1, -0.05) is 18.2 Å². The van der Waals surface area contributed by atoms with Crippen molar-refractivity contribution < 1.29 is 14.1 Å². The van der Waals surface area contributed by atoms with Crippen molar-refractivity contribution in [2.75, 3.05) is 25.8 Å². The average Bonchev–Trinajstić information content (AvgIpc) is 2.38. The Morgan fingerprint density at radius 2 is 2.22 bits per heavy atom. The van der Waals surface area contributed by atoms with Crippen LogP contribution in [-0.4, -0.2) is 31.3 Å². The van der Waals surface area contributed by atoms with Crippen LogP contribution in [0.2, 0.25) is 0 Å². The van der Waals surface area contributed by atoms with Crippen LogP contribution in [0, 0.1) is 0 Å². The van der Waals surface area contributed by atoms with Gasteiger partial charge in [-0.3, -0.25) is 9.36 Å². The first kappa shape index (κ1) is 13.1. The van der Waals surface area contributed by atoms with E-state index in [-0.39, 0.29) is 6.54 Å². The Morgan fingerprint density at radius 3 is 2.94 bits per heavy atom. The number of fused-ring (bicyclic) bond motifs is 1. The fourth-order valence-electron chi connectivity index (χ4n) is 1.74. The smallest absolute Gasteiger partial charge is 0.320 e. The molecule has 0 fully saturated rings. The van der Waals surface area contributed by atoms with Crippen LogP contribution >= 0.6 is 7.59 Å². The van der Waals surface area contributed by atoms with E-state index < -0.39 is 13.6 Å². The summed E-state index contributed by atoms with van der Waals surface area (Å²) in [6.07, 6.45) is 0. The van der Waals surface area contributed by atoms with Crippen molar-refractivity contribution in [3.63, 3.8) is 0 Å². The number of ether oxygens (including phenoxy) is 1. The Hall–Kier alpha value is -1.36. The Labute approximate surface area is 106 Å². The van der Waals surface area contributed by atoms with Gasteiger partial charge in [-0.25, -0.2) is 9.76 Å². The molecule has 0 spiro atoms. The fourth-order valence-corrected chi connectivity index (χ4v) is 3.47. The number of hydrogen-bond donors (Lipinski definition) is 2. The van der Waals surface area contributed by atoms with Gasteiger partial charge >= 0.3 is 13.6 Å². The largest absolute Gasteiger partial charge is 0.468 e. The first-order valence-corrected chi connectivity index (χ1v) is 7.21. The van der Waals surface area contributed by atoms with E-state index in [0.717, 1.165) is 11.3 Å². The Bertz CT molecular complexity index is 506. The van der Waals surface area contributed by atoms with Gasteiger partial charge in [-0.05, 0) is 18.7 Å². The first-order valence-electron chi connectivity index (χ1n) is 5.55. The van der Waals surface area contributed by atoms with Gasteiger partial charge in [0.2, 0.25) is 0 Å². The number of methoxy groups -OCH3 is 1. The molecule has 1 aliphatic rings. The first-order chi connectivity index (χ1) is 8.55. The summed E-state index contributed by atoms with van der Waals surface area (Å²) in [7, 11) is -0.0460. The molecule has 1 heterocycles. The number of likely N-dealkylation sites (N-methyl/N-ethyl adjacent to an activating group) is 1. The Kier molecular flexibility index (Phi) is 3.71. The number of nitrogens with one attached hydrogen (secondary N) is 2. The van der Waals surface area contributed by atoms with Crippen LogP contribution in [-0.2, 0) is 20.6 Å². The summed E-state index contributed by atoms with van der Waals surface area (Å²) in [5, 5.41) is 5.91. The Morgan fingerprint density at radius 1 is 1.50 bits per heavy atom. The van der Waals surface area contributed by atoms with E-state index >= 15 is 0 Å². The summed E-state index contributed by atoms with van der Waals surface area (Å²) in [5.41, 5.74) is 1.88. The lowest BCUT2D eigenvalue weighted by molar-refractivity contribution is -0.140. The molecule has 98 valence electrons. The molecule has 0 amide bonds. The summed E-state index contributed by atoms with van der Waals surface area (Å²) >= 11 is 0. The number of hydrogen-bond acceptors (Lipinski definition) is 3. The second-order valence-electron chi connectivity index (χ2n) is 4.07. The van der Waals surface area contributed by atoms with E-state index in [1.165, 1.54) is 11.8 Å². The van der Waals surface area contributed by atoms with E-state index in [1.54, 1.807) is 7.05 Å². The maximum Gasteiger partial charge on any atom is 0.320 e. The molecular weight excluding hydrogens is 253 g/mol. The van der Waals surface area contributed by atoms with Gasteiger partial charge in [0.25, 0.3) is 0 Å². The molecule has 1 aromatic carbocycles. The summed E-state index contributed by atoms with van der Waals surface area (Å²) in [6.45, 7) is 0.474. The molecule has 18 heavy (non-hydrogen) atoms. The predicted molar refractivity (Wildman–Crippen MR) is 69.2 cm³/mol. The molecule has 1 aromatic rings. The number of para-hydroxylation sites is 1. The number of anilines is 1. The fraction of sp³-hybridized carbons (Fsp3) is 0.364. The maximum absolute atomic E-state index is 12.6. The molecule has 1 atom stereocenters. The molecule has 7 heteroatoms. The lowest BCUT2D eigenvalue weighted by atomic mass is 10.2. The van der Waals surface area contributed by atoms with Gasteiger partial charge in [0.1, 0.15) is 6.54 Å². The van der Waals surface area contributed by atoms with Gasteiger partial charge in [0, 0.05) is 12.2 Å². The van der Waals surface area contributed by atoms with Crippen LogP contribution < -0.4 is 10.2 Å². The third-order valence-corrected chi connectivity index (χ3v) is 5.07. The van der Waals surface area contributed by atoms with Crippen LogP contribution in [0.4, 0.5) is 5.69 Å². The molecule has 0 saturated heterocycles. The van der Waals surface area contributed by atoms with Crippen molar-refractivity contribution >= 4 is 19.3 Å². The highest BCUT2D eigenvalue weighted by molar-refractivity contribution is 7.61. The third-order valence-electron chi connectivity index (χ3n) is 2.84. The number of carbonyl (C=O) groups is 1. The van der Waals surface area contributed by atoms with Crippen molar-refractivity contribution in [2.45, 2.75) is 6.54 Å². The molecule has 0 saturated carbocycles. The average molecular weight is 269 g/mol. The zero-order chi connectivity index (χ0) is 13.2. The number of rotatable bonds is 3. The number of esters is 1. The van der Waals surface area contributed by atoms with Gasteiger partial charge in [0.15, 0.2) is 0 Å². The van der Waals surface area contributed by atoms with Crippen LogP contribution in [0.15, 0.2) is 24.3 Å². The minimum absolute atomic E-state index is 0.0318. The van der Waals surface area contributed by atoms with E-state index in [1.807, 2.05) is 24.3 Å². The molecule has 0 radical (unpaired) electrons. The van der Waals surface area contributed by atoms with Crippen LogP contribution in [0.5, 0.6) is 0 Å². The van der Waals surface area contributed by atoms with Crippen molar-refractivity contribution in [2.24, 2.45) is 0 Å². The highest BCUT2D eigenvalue weighted by Crippen LogP contribution is 2.47. The molecule has 0 aromatic heterocycles. The molecule has 6 nitrogen and oxygen atoms in total. The summed E-state index contributed by atoms with van der Waals surface area (Å²) in [6, 6.07) is 7.63. The standard InChI is InChI=1S/C11H16N3O3P/c1-14(8-11(15)17-2)18(16)12-7-9-5-3-4-6-10(9)13-18/h3-6H,7-8H2,1-2H3,(H2,12,13,16)/t18-/m0/s1. The van der Waals surface area contributed by atoms with Crippen molar-refractivity contribution in [1.82, 2.24) is 9.76 Å². The normalized spacial score (nSPS) is 22.2. The highest BCUT2D eigenvalue weighted by Gasteiger charge is 2.32. The molecular formula is C11H16N3O3P. The topological polar surface area (TPSA) is 70.7 Å². The second-order valence-corrected chi connectivity index (χ2v) is 6.45.